The second kappa shape index (κ2) is 8.48. The first-order valence-corrected chi connectivity index (χ1v) is 13.6. The lowest BCUT2D eigenvalue weighted by atomic mass is 9.41. The largest absolute Gasteiger partial charge is 0.481 e. The number of aliphatic carboxylic acids is 1. The molecule has 4 aliphatic carbocycles. The molecule has 0 bridgehead atoms. The van der Waals surface area contributed by atoms with Crippen molar-refractivity contribution in [3.05, 3.63) is 0 Å². The van der Waals surface area contributed by atoms with E-state index in [1.807, 2.05) is 13.8 Å². The van der Waals surface area contributed by atoms with Crippen LogP contribution in [-0.2, 0) is 4.79 Å². The van der Waals surface area contributed by atoms with Crippen LogP contribution in [0.2, 0.25) is 0 Å². The fourth-order valence-corrected chi connectivity index (χ4v) is 9.64. The standard InChI is InChI=1S/C28H48O5/c1-17(7-6-12-25(2,3)32)20-8-9-21-19-15-23(24(30)31)28(33)16-18(29)10-14-27(28,5)22(19)11-13-26(20,21)4/h17-23,29,32-33H,6-16H2,1-5H3,(H,30,31)/t17-,18+,19+,20-,21+,22+,23?,26-,27-,28?/m1/s1. The van der Waals surface area contributed by atoms with Crippen LogP contribution in [-0.4, -0.2) is 43.7 Å². The molecule has 0 aromatic rings. The van der Waals surface area contributed by atoms with Crippen LogP contribution in [0.5, 0.6) is 0 Å². The van der Waals surface area contributed by atoms with E-state index in [9.17, 15) is 25.2 Å². The second-order valence-corrected chi connectivity index (χ2v) is 13.7. The van der Waals surface area contributed by atoms with Crippen LogP contribution in [0.25, 0.3) is 0 Å². The van der Waals surface area contributed by atoms with Gasteiger partial charge >= 0.3 is 5.97 Å². The van der Waals surface area contributed by atoms with Gasteiger partial charge in [0.2, 0.25) is 0 Å². The number of hydrogen-bond donors (Lipinski definition) is 4. The van der Waals surface area contributed by atoms with Crippen molar-refractivity contribution in [3.8, 4) is 0 Å². The van der Waals surface area contributed by atoms with Gasteiger partial charge in [-0.1, -0.05) is 33.6 Å². The molecule has 0 amide bonds. The topological polar surface area (TPSA) is 98.0 Å². The van der Waals surface area contributed by atoms with Crippen LogP contribution < -0.4 is 0 Å². The maximum atomic E-state index is 12.4. The summed E-state index contributed by atoms with van der Waals surface area (Å²) in [5.74, 6) is 0.785. The highest BCUT2D eigenvalue weighted by atomic mass is 16.4. The lowest BCUT2D eigenvalue weighted by molar-refractivity contribution is -0.249. The van der Waals surface area contributed by atoms with Crippen molar-refractivity contribution in [1.29, 1.82) is 0 Å². The summed E-state index contributed by atoms with van der Waals surface area (Å²) >= 11 is 0. The second-order valence-electron chi connectivity index (χ2n) is 13.7. The lowest BCUT2D eigenvalue weighted by Gasteiger charge is -2.65. The molecule has 4 saturated carbocycles. The molecule has 0 spiro atoms. The quantitative estimate of drug-likeness (QED) is 0.443. The molecular formula is C28H48O5. The third-order valence-electron chi connectivity index (χ3n) is 11.4. The third kappa shape index (κ3) is 4.08. The predicted octanol–water partition coefficient (Wildman–Crippen LogP) is 5.01. The summed E-state index contributed by atoms with van der Waals surface area (Å²) in [5.41, 5.74) is -2.12. The fourth-order valence-electron chi connectivity index (χ4n) is 9.64. The Morgan fingerprint density at radius 1 is 1.09 bits per heavy atom. The molecule has 0 aromatic carbocycles. The fraction of sp³-hybridized carbons (Fsp3) is 0.964. The summed E-state index contributed by atoms with van der Waals surface area (Å²) in [6.07, 6.45) is 9.15. The predicted molar refractivity (Wildman–Crippen MR) is 129 cm³/mol. The van der Waals surface area contributed by atoms with Crippen molar-refractivity contribution in [2.75, 3.05) is 0 Å². The molecule has 190 valence electrons. The number of carboxylic acids is 1. The number of aliphatic hydroxyl groups is 3. The van der Waals surface area contributed by atoms with Gasteiger partial charge in [0, 0.05) is 11.8 Å². The average Bonchev–Trinajstić information content (AvgIpc) is 3.04. The summed E-state index contributed by atoms with van der Waals surface area (Å²) in [7, 11) is 0. The van der Waals surface area contributed by atoms with Gasteiger partial charge in [-0.2, -0.15) is 0 Å². The zero-order valence-corrected chi connectivity index (χ0v) is 21.5. The summed E-state index contributed by atoms with van der Waals surface area (Å²) in [6.45, 7) is 10.8. The Hall–Kier alpha value is -0.650. The van der Waals surface area contributed by atoms with Gasteiger partial charge in [0.05, 0.1) is 23.2 Å². The van der Waals surface area contributed by atoms with Gasteiger partial charge in [0.1, 0.15) is 0 Å². The van der Waals surface area contributed by atoms with Crippen LogP contribution >= 0.6 is 0 Å². The van der Waals surface area contributed by atoms with Crippen molar-refractivity contribution in [2.45, 2.75) is 123 Å². The van der Waals surface area contributed by atoms with Gasteiger partial charge in [0.15, 0.2) is 0 Å². The van der Waals surface area contributed by atoms with E-state index < -0.39 is 34.6 Å². The maximum Gasteiger partial charge on any atom is 0.309 e. The van der Waals surface area contributed by atoms with Crippen LogP contribution in [0.4, 0.5) is 0 Å². The molecule has 4 N–H and O–H groups in total. The number of carboxylic acid groups (broad SMARTS) is 1. The van der Waals surface area contributed by atoms with Gasteiger partial charge in [-0.05, 0) is 100 Å². The molecule has 2 unspecified atom stereocenters. The minimum Gasteiger partial charge on any atom is -0.481 e. The van der Waals surface area contributed by atoms with Gasteiger partial charge in [-0.3, -0.25) is 4.79 Å². The number of rotatable bonds is 6. The molecule has 0 radical (unpaired) electrons. The molecule has 0 heterocycles. The monoisotopic (exact) mass is 464 g/mol. The zero-order valence-electron chi connectivity index (χ0n) is 21.5. The number of aliphatic hydroxyl groups excluding tert-OH is 1. The highest BCUT2D eigenvalue weighted by Crippen LogP contribution is 2.70. The molecule has 4 rings (SSSR count). The molecule has 5 nitrogen and oxygen atoms in total. The van der Waals surface area contributed by atoms with Crippen molar-refractivity contribution in [2.24, 2.45) is 46.3 Å². The van der Waals surface area contributed by atoms with E-state index >= 15 is 0 Å². The molecular weight excluding hydrogens is 416 g/mol. The van der Waals surface area contributed by atoms with Crippen LogP contribution in [0.3, 0.4) is 0 Å². The smallest absolute Gasteiger partial charge is 0.309 e. The minimum absolute atomic E-state index is 0.201. The third-order valence-corrected chi connectivity index (χ3v) is 11.4. The number of carbonyl (C=O) groups is 1. The molecule has 33 heavy (non-hydrogen) atoms. The normalized spacial score (nSPS) is 48.5. The molecule has 0 saturated heterocycles. The zero-order chi connectivity index (χ0) is 24.4. The summed E-state index contributed by atoms with van der Waals surface area (Å²) < 4.78 is 0. The van der Waals surface area contributed by atoms with Gasteiger partial charge in [-0.15, -0.1) is 0 Å². The number of fused-ring (bicyclic) bond motifs is 5. The van der Waals surface area contributed by atoms with E-state index in [0.717, 1.165) is 38.5 Å². The van der Waals surface area contributed by atoms with E-state index in [1.54, 1.807) is 0 Å². The maximum absolute atomic E-state index is 12.4. The van der Waals surface area contributed by atoms with E-state index in [4.69, 9.17) is 0 Å². The molecule has 0 aromatic heterocycles. The van der Waals surface area contributed by atoms with Crippen molar-refractivity contribution in [1.82, 2.24) is 0 Å². The summed E-state index contributed by atoms with van der Waals surface area (Å²) in [6, 6.07) is 0. The molecule has 5 heteroatoms. The van der Waals surface area contributed by atoms with Crippen molar-refractivity contribution in [3.63, 3.8) is 0 Å². The highest BCUT2D eigenvalue weighted by molar-refractivity contribution is 5.72. The van der Waals surface area contributed by atoms with Gasteiger partial charge < -0.3 is 20.4 Å². The highest BCUT2D eigenvalue weighted by Gasteiger charge is 2.68. The SMILES string of the molecule is C[C@H](CCCC(C)(C)O)[C@H]1CC[C@H]2[C@@H]3CC(C(=O)O)C4(O)C[C@@H](O)CC[C@]4(C)[C@H]3CC[C@]12C. The Morgan fingerprint density at radius 2 is 1.79 bits per heavy atom. The first-order chi connectivity index (χ1) is 15.2. The average molecular weight is 465 g/mol. The van der Waals surface area contributed by atoms with Gasteiger partial charge in [-0.25, -0.2) is 0 Å². The Labute approximate surface area is 200 Å². The Balaban J connectivity index is 1.57. The van der Waals surface area contributed by atoms with Crippen LogP contribution in [0.15, 0.2) is 0 Å². The Bertz CT molecular complexity index is 745. The molecule has 4 aliphatic rings. The van der Waals surface area contributed by atoms with Gasteiger partial charge in [0.25, 0.3) is 0 Å². The van der Waals surface area contributed by atoms with Crippen LogP contribution in [0.1, 0.15) is 105 Å². The van der Waals surface area contributed by atoms with E-state index in [1.165, 1.54) is 12.8 Å². The Morgan fingerprint density at radius 3 is 2.42 bits per heavy atom. The minimum atomic E-state index is -1.31. The molecule has 10 atom stereocenters. The number of hydrogen-bond acceptors (Lipinski definition) is 4. The lowest BCUT2D eigenvalue weighted by Crippen LogP contribution is -2.68. The van der Waals surface area contributed by atoms with E-state index in [2.05, 4.69) is 20.8 Å². The molecule has 4 fully saturated rings. The summed E-state index contributed by atoms with van der Waals surface area (Å²) in [4.78, 5) is 12.4. The summed E-state index contributed by atoms with van der Waals surface area (Å²) in [5, 5.41) is 42.5. The van der Waals surface area contributed by atoms with Crippen molar-refractivity contribution < 1.29 is 25.2 Å². The molecule has 0 aliphatic heterocycles. The van der Waals surface area contributed by atoms with E-state index in [0.29, 0.717) is 42.4 Å². The van der Waals surface area contributed by atoms with Crippen LogP contribution in [0, 0.1) is 46.3 Å². The Kier molecular flexibility index (Phi) is 6.54. The first kappa shape index (κ1) is 25.4. The van der Waals surface area contributed by atoms with E-state index in [-0.39, 0.29) is 11.8 Å². The van der Waals surface area contributed by atoms with Crippen molar-refractivity contribution >= 4 is 5.97 Å². The first-order valence-electron chi connectivity index (χ1n) is 13.6.